The summed E-state index contributed by atoms with van der Waals surface area (Å²) in [5.41, 5.74) is 1.24. The van der Waals surface area contributed by atoms with Gasteiger partial charge in [-0.3, -0.25) is 0 Å². The van der Waals surface area contributed by atoms with Crippen molar-refractivity contribution in [1.82, 2.24) is 5.32 Å². The van der Waals surface area contributed by atoms with Crippen LogP contribution in [-0.4, -0.2) is 6.54 Å². The van der Waals surface area contributed by atoms with E-state index in [1.165, 1.54) is 0 Å². The van der Waals surface area contributed by atoms with Gasteiger partial charge in [-0.25, -0.2) is 4.39 Å². The second-order valence-electron chi connectivity index (χ2n) is 6.62. The van der Waals surface area contributed by atoms with Gasteiger partial charge in [-0.05, 0) is 41.5 Å². The summed E-state index contributed by atoms with van der Waals surface area (Å²) in [6, 6.07) is 5.29. The molecular formula is C16H23BrFN. The third kappa shape index (κ3) is 2.36. The van der Waals surface area contributed by atoms with Crippen molar-refractivity contribution in [2.24, 2.45) is 16.7 Å². The van der Waals surface area contributed by atoms with E-state index < -0.39 is 0 Å². The normalized spacial score (nSPS) is 22.3. The third-order valence-corrected chi connectivity index (χ3v) is 5.68. The fraction of sp³-hybridized carbons (Fsp3) is 0.625. The van der Waals surface area contributed by atoms with Gasteiger partial charge < -0.3 is 5.32 Å². The van der Waals surface area contributed by atoms with Gasteiger partial charge in [0.25, 0.3) is 0 Å². The van der Waals surface area contributed by atoms with Crippen molar-refractivity contribution in [3.63, 3.8) is 0 Å². The Morgan fingerprint density at radius 3 is 2.32 bits per heavy atom. The van der Waals surface area contributed by atoms with Gasteiger partial charge in [-0.1, -0.05) is 50.5 Å². The number of halogens is 2. The molecule has 1 aliphatic carbocycles. The molecule has 0 spiro atoms. The number of nitrogens with one attached hydrogen (secondary N) is 1. The van der Waals surface area contributed by atoms with Gasteiger partial charge in [0.2, 0.25) is 0 Å². The summed E-state index contributed by atoms with van der Waals surface area (Å²) in [5, 5.41) is 3.48. The zero-order valence-corrected chi connectivity index (χ0v) is 13.9. The highest BCUT2D eigenvalue weighted by atomic mass is 79.9. The highest BCUT2D eigenvalue weighted by molar-refractivity contribution is 9.10. The molecule has 1 N–H and O–H groups in total. The maximum Gasteiger partial charge on any atom is 0.128 e. The molecular weight excluding hydrogens is 305 g/mol. The van der Waals surface area contributed by atoms with E-state index in [4.69, 9.17) is 0 Å². The highest BCUT2D eigenvalue weighted by Gasteiger charge is 2.67. The summed E-state index contributed by atoms with van der Waals surface area (Å²) in [4.78, 5) is 0. The zero-order chi connectivity index (χ0) is 14.4. The van der Waals surface area contributed by atoms with Crippen LogP contribution in [0.4, 0.5) is 4.39 Å². The quantitative estimate of drug-likeness (QED) is 0.827. The minimum Gasteiger partial charge on any atom is -0.310 e. The first-order chi connectivity index (χ1) is 8.73. The average Bonchev–Trinajstić information content (AvgIpc) is 2.71. The van der Waals surface area contributed by atoms with Crippen LogP contribution in [0.2, 0.25) is 0 Å². The number of rotatable bonds is 4. The number of benzene rings is 1. The van der Waals surface area contributed by atoms with Gasteiger partial charge in [-0.2, -0.15) is 0 Å². The van der Waals surface area contributed by atoms with Crippen LogP contribution < -0.4 is 5.32 Å². The summed E-state index contributed by atoms with van der Waals surface area (Å²) in [7, 11) is 0. The van der Waals surface area contributed by atoms with Crippen LogP contribution >= 0.6 is 15.9 Å². The van der Waals surface area contributed by atoms with E-state index in [0.717, 1.165) is 16.6 Å². The first-order valence-corrected chi connectivity index (χ1v) is 7.71. The monoisotopic (exact) mass is 327 g/mol. The Morgan fingerprint density at radius 1 is 1.26 bits per heavy atom. The molecule has 0 saturated heterocycles. The van der Waals surface area contributed by atoms with E-state index in [0.29, 0.717) is 5.92 Å². The Labute approximate surface area is 124 Å². The molecule has 19 heavy (non-hydrogen) atoms. The molecule has 106 valence electrons. The molecule has 1 aliphatic rings. The van der Waals surface area contributed by atoms with Crippen molar-refractivity contribution in [3.8, 4) is 0 Å². The minimum atomic E-state index is -0.118. The lowest BCUT2D eigenvalue weighted by molar-refractivity contribution is 0.403. The second kappa shape index (κ2) is 4.85. The molecule has 1 atom stereocenters. The van der Waals surface area contributed by atoms with Crippen LogP contribution in [0.1, 0.15) is 46.2 Å². The van der Waals surface area contributed by atoms with Crippen molar-refractivity contribution in [2.75, 3.05) is 6.54 Å². The van der Waals surface area contributed by atoms with Crippen LogP contribution in [0, 0.1) is 22.6 Å². The molecule has 3 heteroatoms. The molecule has 0 amide bonds. The Hall–Kier alpha value is -0.410. The SMILES string of the molecule is CCNC(c1cc(Br)ccc1F)C1C(C)(C)C1(C)C. The average molecular weight is 328 g/mol. The Bertz CT molecular complexity index is 468. The molecule has 0 radical (unpaired) electrons. The van der Waals surface area contributed by atoms with Gasteiger partial charge >= 0.3 is 0 Å². The van der Waals surface area contributed by atoms with E-state index in [1.54, 1.807) is 12.1 Å². The lowest BCUT2D eigenvalue weighted by atomic mass is 9.96. The topological polar surface area (TPSA) is 12.0 Å². The molecule has 2 rings (SSSR count). The predicted octanol–water partition coefficient (Wildman–Crippen LogP) is 4.92. The van der Waals surface area contributed by atoms with Crippen LogP contribution in [0.5, 0.6) is 0 Å². The maximum absolute atomic E-state index is 14.2. The molecule has 1 aromatic carbocycles. The third-order valence-electron chi connectivity index (χ3n) is 5.18. The van der Waals surface area contributed by atoms with E-state index >= 15 is 0 Å². The van der Waals surface area contributed by atoms with Gasteiger partial charge in [0.1, 0.15) is 5.82 Å². The highest BCUT2D eigenvalue weighted by Crippen LogP contribution is 2.72. The van der Waals surface area contributed by atoms with Crippen molar-refractivity contribution in [1.29, 1.82) is 0 Å². The Balaban J connectivity index is 2.40. The first kappa shape index (κ1) is 15.0. The van der Waals surface area contributed by atoms with E-state index in [2.05, 4.69) is 55.9 Å². The van der Waals surface area contributed by atoms with Crippen molar-refractivity contribution in [2.45, 2.75) is 40.7 Å². The lowest BCUT2D eigenvalue weighted by Crippen LogP contribution is -2.26. The molecule has 1 fully saturated rings. The molecule has 1 unspecified atom stereocenters. The van der Waals surface area contributed by atoms with Gasteiger partial charge in [0.05, 0.1) is 0 Å². The van der Waals surface area contributed by atoms with E-state index in [9.17, 15) is 4.39 Å². The van der Waals surface area contributed by atoms with Crippen molar-refractivity contribution in [3.05, 3.63) is 34.1 Å². The first-order valence-electron chi connectivity index (χ1n) is 6.91. The van der Waals surface area contributed by atoms with Gasteiger partial charge in [-0.15, -0.1) is 0 Å². The van der Waals surface area contributed by atoms with Crippen LogP contribution in [-0.2, 0) is 0 Å². The fourth-order valence-corrected chi connectivity index (χ4v) is 3.84. The van der Waals surface area contributed by atoms with Crippen LogP contribution in [0.15, 0.2) is 22.7 Å². The summed E-state index contributed by atoms with van der Waals surface area (Å²) < 4.78 is 15.1. The summed E-state index contributed by atoms with van der Waals surface area (Å²) in [5.74, 6) is 0.330. The molecule has 0 aliphatic heterocycles. The smallest absolute Gasteiger partial charge is 0.128 e. The fourth-order valence-electron chi connectivity index (χ4n) is 3.46. The molecule has 0 heterocycles. The van der Waals surface area contributed by atoms with Crippen LogP contribution in [0.3, 0.4) is 0 Å². The van der Waals surface area contributed by atoms with Crippen molar-refractivity contribution < 1.29 is 4.39 Å². The Morgan fingerprint density at radius 2 is 1.84 bits per heavy atom. The lowest BCUT2D eigenvalue weighted by Gasteiger charge is -2.21. The summed E-state index contributed by atoms with van der Waals surface area (Å²) in [6.45, 7) is 12.0. The van der Waals surface area contributed by atoms with Crippen LogP contribution in [0.25, 0.3) is 0 Å². The molecule has 1 saturated carbocycles. The standard InChI is InChI=1S/C16H23BrFN/c1-6-19-13(14-15(2,3)16(14,4)5)11-9-10(17)7-8-12(11)18/h7-9,13-14,19H,6H2,1-5H3. The number of hydrogen-bond donors (Lipinski definition) is 1. The number of hydrogen-bond acceptors (Lipinski definition) is 1. The maximum atomic E-state index is 14.2. The van der Waals surface area contributed by atoms with E-state index in [1.807, 2.05) is 6.07 Å². The second-order valence-corrected chi connectivity index (χ2v) is 7.54. The molecule has 0 bridgehead atoms. The van der Waals surface area contributed by atoms with Gasteiger partial charge in [0, 0.05) is 16.1 Å². The van der Waals surface area contributed by atoms with Crippen molar-refractivity contribution >= 4 is 15.9 Å². The predicted molar refractivity (Wildman–Crippen MR) is 81.6 cm³/mol. The molecule has 1 aromatic rings. The largest absolute Gasteiger partial charge is 0.310 e. The van der Waals surface area contributed by atoms with E-state index in [-0.39, 0.29) is 22.7 Å². The minimum absolute atomic E-state index is 0.0764. The van der Waals surface area contributed by atoms with Gasteiger partial charge in [0.15, 0.2) is 0 Å². The molecule has 0 aromatic heterocycles. The summed E-state index contributed by atoms with van der Waals surface area (Å²) in [6.07, 6.45) is 0. The zero-order valence-electron chi connectivity index (χ0n) is 12.3. The summed E-state index contributed by atoms with van der Waals surface area (Å²) >= 11 is 3.45. The Kier molecular flexibility index (Phi) is 3.83. The molecule has 1 nitrogen and oxygen atoms in total.